The van der Waals surface area contributed by atoms with E-state index in [2.05, 4.69) is 10.3 Å². The van der Waals surface area contributed by atoms with Crippen LogP contribution in [-0.4, -0.2) is 22.2 Å². The number of hydrogen-bond donors (Lipinski definition) is 2. The van der Waals surface area contributed by atoms with E-state index in [1.54, 1.807) is 0 Å². The minimum absolute atomic E-state index is 0.0259. The van der Waals surface area contributed by atoms with Crippen molar-refractivity contribution in [2.24, 2.45) is 0 Å². The zero-order valence-corrected chi connectivity index (χ0v) is 14.5. The predicted molar refractivity (Wildman–Crippen MR) is 98.0 cm³/mol. The number of hydrogen-bond acceptors (Lipinski definition) is 5. The molecule has 3 rings (SSSR count). The molecule has 0 aliphatic rings. The molecule has 0 saturated carbocycles. The number of carbonyl (C=O) groups is 2. The Kier molecular flexibility index (Phi) is 5.60. The van der Waals surface area contributed by atoms with E-state index in [1.165, 1.54) is 16.7 Å². The summed E-state index contributed by atoms with van der Waals surface area (Å²) in [6, 6.07) is 16.9. The fourth-order valence-corrected chi connectivity index (χ4v) is 3.06. The minimum Gasteiger partial charge on any atom is -0.476 e. The van der Waals surface area contributed by atoms with Gasteiger partial charge >= 0.3 is 12.1 Å². The van der Waals surface area contributed by atoms with Crippen LogP contribution in [-0.2, 0) is 17.9 Å². The van der Waals surface area contributed by atoms with Crippen molar-refractivity contribution in [3.63, 3.8) is 0 Å². The van der Waals surface area contributed by atoms with Gasteiger partial charge in [-0.05, 0) is 17.2 Å². The average Bonchev–Trinajstić information content (AvgIpc) is 3.16. The summed E-state index contributed by atoms with van der Waals surface area (Å²) in [5, 5.41) is 13.8. The highest BCUT2D eigenvalue weighted by atomic mass is 32.1. The van der Waals surface area contributed by atoms with Crippen LogP contribution in [0.4, 0.5) is 4.79 Å². The molecule has 0 spiro atoms. The number of amides is 1. The molecule has 7 heteroatoms. The highest BCUT2D eigenvalue weighted by Gasteiger charge is 2.10. The van der Waals surface area contributed by atoms with Gasteiger partial charge in [0.05, 0.1) is 0 Å². The molecule has 3 aromatic rings. The summed E-state index contributed by atoms with van der Waals surface area (Å²) in [4.78, 5) is 26.8. The van der Waals surface area contributed by atoms with E-state index < -0.39 is 12.1 Å². The Morgan fingerprint density at radius 3 is 2.58 bits per heavy atom. The first kappa shape index (κ1) is 17.6. The molecule has 1 heterocycles. The average molecular weight is 368 g/mol. The lowest BCUT2D eigenvalue weighted by molar-refractivity contribution is 0.0691. The molecule has 0 fully saturated rings. The van der Waals surface area contributed by atoms with Crippen LogP contribution in [0.3, 0.4) is 0 Å². The molecule has 2 N–H and O–H groups in total. The van der Waals surface area contributed by atoms with Crippen molar-refractivity contribution in [1.29, 1.82) is 0 Å². The van der Waals surface area contributed by atoms with E-state index >= 15 is 0 Å². The van der Waals surface area contributed by atoms with Gasteiger partial charge in [-0.25, -0.2) is 14.6 Å². The summed E-state index contributed by atoms with van der Waals surface area (Å²) < 4.78 is 5.17. The standard InChI is InChI=1S/C19H16N2O4S/c22-18(23)16-12-26-17(21-16)15-8-4-7-14(9-15)10-20-19(24)25-11-13-5-2-1-3-6-13/h1-9,12H,10-11H2,(H,20,24)(H,22,23). The summed E-state index contributed by atoms with van der Waals surface area (Å²) in [5.74, 6) is -1.05. The second-order valence-corrected chi connectivity index (χ2v) is 6.32. The Labute approximate surface area is 154 Å². The topological polar surface area (TPSA) is 88.5 Å². The molecule has 1 amide bonds. The molecule has 132 valence electrons. The second-order valence-electron chi connectivity index (χ2n) is 5.46. The predicted octanol–water partition coefficient (Wildman–Crippen LogP) is 3.93. The van der Waals surface area contributed by atoms with Crippen LogP contribution in [0.25, 0.3) is 10.6 Å². The second kappa shape index (κ2) is 8.26. The Bertz CT molecular complexity index is 909. The summed E-state index contributed by atoms with van der Waals surface area (Å²) in [5.41, 5.74) is 2.62. The summed E-state index contributed by atoms with van der Waals surface area (Å²) in [7, 11) is 0. The van der Waals surface area contributed by atoms with Crippen molar-refractivity contribution in [2.75, 3.05) is 0 Å². The van der Waals surface area contributed by atoms with Gasteiger partial charge in [0, 0.05) is 17.5 Å². The van der Waals surface area contributed by atoms with Crippen LogP contribution >= 0.6 is 11.3 Å². The van der Waals surface area contributed by atoms with E-state index in [0.29, 0.717) is 11.6 Å². The van der Waals surface area contributed by atoms with Crippen LogP contribution < -0.4 is 5.32 Å². The fraction of sp³-hybridized carbons (Fsp3) is 0.105. The number of rotatable bonds is 6. The third kappa shape index (κ3) is 4.67. The number of ether oxygens (including phenoxy) is 1. The number of carbonyl (C=O) groups excluding carboxylic acids is 1. The van der Waals surface area contributed by atoms with Gasteiger partial charge in [-0.15, -0.1) is 11.3 Å². The van der Waals surface area contributed by atoms with Gasteiger partial charge in [-0.2, -0.15) is 0 Å². The maximum Gasteiger partial charge on any atom is 0.407 e. The van der Waals surface area contributed by atoms with Gasteiger partial charge in [0.1, 0.15) is 11.6 Å². The van der Waals surface area contributed by atoms with Crippen LogP contribution in [0.2, 0.25) is 0 Å². The van der Waals surface area contributed by atoms with Crippen molar-refractivity contribution in [1.82, 2.24) is 10.3 Å². The molecule has 0 unspecified atom stereocenters. The molecular weight excluding hydrogens is 352 g/mol. The first-order valence-electron chi connectivity index (χ1n) is 7.84. The largest absolute Gasteiger partial charge is 0.476 e. The summed E-state index contributed by atoms with van der Waals surface area (Å²) >= 11 is 1.27. The number of aromatic carboxylic acids is 1. The van der Waals surface area contributed by atoms with E-state index in [9.17, 15) is 9.59 Å². The number of nitrogens with zero attached hydrogens (tertiary/aromatic N) is 1. The molecule has 0 bridgehead atoms. The zero-order chi connectivity index (χ0) is 18.4. The van der Waals surface area contributed by atoms with Gasteiger partial charge in [-0.3, -0.25) is 0 Å². The quantitative estimate of drug-likeness (QED) is 0.688. The molecular formula is C19H16N2O4S. The zero-order valence-electron chi connectivity index (χ0n) is 13.7. The lowest BCUT2D eigenvalue weighted by Crippen LogP contribution is -2.23. The van der Waals surface area contributed by atoms with E-state index in [-0.39, 0.29) is 12.3 Å². The SMILES string of the molecule is O=C(NCc1cccc(-c2nc(C(=O)O)cs2)c1)OCc1ccccc1. The number of benzene rings is 2. The van der Waals surface area contributed by atoms with Gasteiger partial charge in [0.25, 0.3) is 0 Å². The van der Waals surface area contributed by atoms with Crippen molar-refractivity contribution in [2.45, 2.75) is 13.2 Å². The molecule has 0 radical (unpaired) electrons. The van der Waals surface area contributed by atoms with Gasteiger partial charge in [-0.1, -0.05) is 48.5 Å². The lowest BCUT2D eigenvalue weighted by Gasteiger charge is -2.08. The highest BCUT2D eigenvalue weighted by molar-refractivity contribution is 7.13. The molecule has 26 heavy (non-hydrogen) atoms. The number of thiazole rings is 1. The fourth-order valence-electron chi connectivity index (χ4n) is 2.27. The third-order valence-corrected chi connectivity index (χ3v) is 4.44. The van der Waals surface area contributed by atoms with Crippen molar-refractivity contribution in [3.8, 4) is 10.6 Å². The van der Waals surface area contributed by atoms with E-state index in [4.69, 9.17) is 9.84 Å². The van der Waals surface area contributed by atoms with Crippen LogP contribution in [0.15, 0.2) is 60.0 Å². The molecule has 1 aromatic heterocycles. The summed E-state index contributed by atoms with van der Waals surface area (Å²) in [6.45, 7) is 0.516. The minimum atomic E-state index is -1.05. The Morgan fingerprint density at radius 1 is 1.08 bits per heavy atom. The number of aromatic nitrogens is 1. The van der Waals surface area contributed by atoms with Crippen LogP contribution in [0, 0.1) is 0 Å². The van der Waals surface area contributed by atoms with Gasteiger partial charge in [0.2, 0.25) is 0 Å². The van der Waals surface area contributed by atoms with Gasteiger partial charge in [0.15, 0.2) is 5.69 Å². The van der Waals surface area contributed by atoms with Crippen molar-refractivity contribution < 1.29 is 19.4 Å². The molecule has 0 atom stereocenters. The maximum atomic E-state index is 11.8. The lowest BCUT2D eigenvalue weighted by atomic mass is 10.1. The molecule has 0 saturated heterocycles. The molecule has 0 aliphatic heterocycles. The number of nitrogens with one attached hydrogen (secondary N) is 1. The highest BCUT2D eigenvalue weighted by Crippen LogP contribution is 2.24. The molecule has 2 aromatic carbocycles. The first-order valence-corrected chi connectivity index (χ1v) is 8.72. The Morgan fingerprint density at radius 2 is 1.85 bits per heavy atom. The van der Waals surface area contributed by atoms with Crippen molar-refractivity contribution in [3.05, 3.63) is 76.8 Å². The normalized spacial score (nSPS) is 10.3. The Balaban J connectivity index is 1.56. The smallest absolute Gasteiger partial charge is 0.407 e. The van der Waals surface area contributed by atoms with E-state index in [1.807, 2.05) is 54.6 Å². The maximum absolute atomic E-state index is 11.8. The monoisotopic (exact) mass is 368 g/mol. The van der Waals surface area contributed by atoms with Crippen LogP contribution in [0.1, 0.15) is 21.6 Å². The third-order valence-electron chi connectivity index (χ3n) is 3.55. The van der Waals surface area contributed by atoms with Crippen molar-refractivity contribution >= 4 is 23.4 Å². The van der Waals surface area contributed by atoms with Gasteiger partial charge < -0.3 is 15.2 Å². The number of alkyl carbamates (subject to hydrolysis) is 1. The molecule has 0 aliphatic carbocycles. The first-order chi connectivity index (χ1) is 12.6. The number of carboxylic acid groups (broad SMARTS) is 1. The van der Waals surface area contributed by atoms with Crippen LogP contribution in [0.5, 0.6) is 0 Å². The summed E-state index contributed by atoms with van der Waals surface area (Å²) in [6.07, 6.45) is -0.498. The Hall–Kier alpha value is -3.19. The molecule has 6 nitrogen and oxygen atoms in total. The number of carboxylic acids is 1. The van der Waals surface area contributed by atoms with E-state index in [0.717, 1.165) is 16.7 Å².